The zero-order valence-corrected chi connectivity index (χ0v) is 12.2. The second kappa shape index (κ2) is 6.76. The van der Waals surface area contributed by atoms with Gasteiger partial charge in [0.05, 0.1) is 7.11 Å². The van der Waals surface area contributed by atoms with Crippen molar-refractivity contribution in [2.75, 3.05) is 20.7 Å². The van der Waals surface area contributed by atoms with Gasteiger partial charge < -0.3 is 15.8 Å². The van der Waals surface area contributed by atoms with Crippen LogP contribution in [0, 0.1) is 19.8 Å². The molecule has 0 aliphatic rings. The molecule has 2 atom stereocenters. The largest absolute Gasteiger partial charge is 0.496 e. The summed E-state index contributed by atoms with van der Waals surface area (Å²) in [6.45, 7) is 7.10. The molecule has 0 aromatic heterocycles. The number of aryl methyl sites for hydroxylation is 2. The highest BCUT2D eigenvalue weighted by molar-refractivity contribution is 5.43. The summed E-state index contributed by atoms with van der Waals surface area (Å²) in [7, 11) is 3.71. The molecule has 0 bridgehead atoms. The van der Waals surface area contributed by atoms with E-state index in [-0.39, 0.29) is 6.04 Å². The van der Waals surface area contributed by atoms with Crippen LogP contribution in [0.5, 0.6) is 5.75 Å². The van der Waals surface area contributed by atoms with E-state index in [1.807, 2.05) is 7.05 Å². The van der Waals surface area contributed by atoms with E-state index in [9.17, 15) is 0 Å². The van der Waals surface area contributed by atoms with Gasteiger partial charge in [0, 0.05) is 11.6 Å². The summed E-state index contributed by atoms with van der Waals surface area (Å²) in [5, 5.41) is 3.38. The van der Waals surface area contributed by atoms with Gasteiger partial charge in [0.25, 0.3) is 0 Å². The average molecular weight is 250 g/mol. The summed E-state index contributed by atoms with van der Waals surface area (Å²) in [5.41, 5.74) is 9.63. The van der Waals surface area contributed by atoms with Crippen LogP contribution in [0.15, 0.2) is 12.1 Å². The number of nitrogens with one attached hydrogen (secondary N) is 1. The van der Waals surface area contributed by atoms with Gasteiger partial charge in [-0.2, -0.15) is 0 Å². The van der Waals surface area contributed by atoms with Crippen molar-refractivity contribution in [2.45, 2.75) is 33.2 Å². The van der Waals surface area contributed by atoms with E-state index < -0.39 is 0 Å². The summed E-state index contributed by atoms with van der Waals surface area (Å²) in [5.74, 6) is 1.37. The van der Waals surface area contributed by atoms with Gasteiger partial charge in [0.1, 0.15) is 5.75 Å². The Bertz CT molecular complexity index is 386. The lowest BCUT2D eigenvalue weighted by atomic mass is 9.89. The van der Waals surface area contributed by atoms with Crippen LogP contribution in [-0.2, 0) is 0 Å². The van der Waals surface area contributed by atoms with Gasteiger partial charge in [0.2, 0.25) is 0 Å². The molecule has 0 aliphatic heterocycles. The third-order valence-corrected chi connectivity index (χ3v) is 3.79. The molecule has 0 heterocycles. The number of methoxy groups -OCH3 is 1. The van der Waals surface area contributed by atoms with Gasteiger partial charge >= 0.3 is 0 Å². The number of rotatable bonds is 6. The summed E-state index contributed by atoms with van der Waals surface area (Å²) in [6, 6.07) is 4.57. The van der Waals surface area contributed by atoms with Crippen molar-refractivity contribution >= 4 is 0 Å². The van der Waals surface area contributed by atoms with Crippen molar-refractivity contribution in [3.05, 3.63) is 28.8 Å². The first-order chi connectivity index (χ1) is 8.58. The minimum atomic E-state index is 0.245. The average Bonchev–Trinajstić information content (AvgIpc) is 2.38. The molecule has 3 heteroatoms. The molecule has 0 spiro atoms. The van der Waals surface area contributed by atoms with Crippen molar-refractivity contribution in [3.63, 3.8) is 0 Å². The van der Waals surface area contributed by atoms with Crippen molar-refractivity contribution in [3.8, 4) is 5.75 Å². The molecular formula is C15H26N2O. The highest BCUT2D eigenvalue weighted by atomic mass is 16.5. The van der Waals surface area contributed by atoms with E-state index in [0.717, 1.165) is 12.2 Å². The monoisotopic (exact) mass is 250 g/mol. The molecule has 18 heavy (non-hydrogen) atoms. The van der Waals surface area contributed by atoms with Crippen molar-refractivity contribution < 1.29 is 4.74 Å². The first-order valence-corrected chi connectivity index (χ1v) is 6.61. The van der Waals surface area contributed by atoms with Gasteiger partial charge in [-0.25, -0.2) is 0 Å². The summed E-state index contributed by atoms with van der Waals surface area (Å²) in [6.07, 6.45) is 1.05. The third kappa shape index (κ3) is 3.03. The molecule has 2 unspecified atom stereocenters. The SMILES string of the molecule is CCC(CN)C(NC)c1cc(C)c(C)cc1OC. The van der Waals surface area contributed by atoms with E-state index in [0.29, 0.717) is 12.5 Å². The fourth-order valence-corrected chi connectivity index (χ4v) is 2.42. The Kier molecular flexibility index (Phi) is 5.63. The summed E-state index contributed by atoms with van der Waals surface area (Å²) < 4.78 is 5.52. The molecule has 3 nitrogen and oxygen atoms in total. The number of benzene rings is 1. The molecule has 1 rings (SSSR count). The Morgan fingerprint density at radius 1 is 1.28 bits per heavy atom. The van der Waals surface area contributed by atoms with E-state index in [1.165, 1.54) is 16.7 Å². The molecule has 3 N–H and O–H groups in total. The molecule has 1 aromatic carbocycles. The van der Waals surface area contributed by atoms with Crippen LogP contribution in [0.3, 0.4) is 0 Å². The first-order valence-electron chi connectivity index (χ1n) is 6.61. The Hall–Kier alpha value is -1.06. The van der Waals surface area contributed by atoms with Gasteiger partial charge in [-0.05, 0) is 50.6 Å². The molecule has 0 saturated heterocycles. The number of hydrogen-bond acceptors (Lipinski definition) is 3. The molecule has 0 radical (unpaired) electrons. The predicted molar refractivity (Wildman–Crippen MR) is 77.1 cm³/mol. The standard InChI is InChI=1S/C15H26N2O/c1-6-12(9-16)15(17-4)13-7-10(2)11(3)8-14(13)18-5/h7-8,12,15,17H,6,9,16H2,1-5H3. The van der Waals surface area contributed by atoms with Crippen LogP contribution in [0.1, 0.15) is 36.1 Å². The quantitative estimate of drug-likeness (QED) is 0.815. The van der Waals surface area contributed by atoms with E-state index in [1.54, 1.807) is 7.11 Å². The second-order valence-electron chi connectivity index (χ2n) is 4.85. The normalized spacial score (nSPS) is 14.3. The number of hydrogen-bond donors (Lipinski definition) is 2. The highest BCUT2D eigenvalue weighted by Gasteiger charge is 2.22. The maximum atomic E-state index is 5.88. The summed E-state index contributed by atoms with van der Waals surface area (Å²) >= 11 is 0. The Labute approximate surface area is 111 Å². The molecule has 0 aliphatic carbocycles. The Morgan fingerprint density at radius 3 is 2.33 bits per heavy atom. The lowest BCUT2D eigenvalue weighted by Crippen LogP contribution is -2.30. The van der Waals surface area contributed by atoms with Gasteiger partial charge in [-0.3, -0.25) is 0 Å². The molecule has 1 aromatic rings. The van der Waals surface area contributed by atoms with Gasteiger partial charge in [-0.1, -0.05) is 19.4 Å². The minimum Gasteiger partial charge on any atom is -0.496 e. The van der Waals surface area contributed by atoms with Crippen molar-refractivity contribution in [1.82, 2.24) is 5.32 Å². The smallest absolute Gasteiger partial charge is 0.123 e. The maximum Gasteiger partial charge on any atom is 0.123 e. The van der Waals surface area contributed by atoms with E-state index in [4.69, 9.17) is 10.5 Å². The lowest BCUT2D eigenvalue weighted by molar-refractivity contribution is 0.352. The van der Waals surface area contributed by atoms with Crippen LogP contribution in [0.4, 0.5) is 0 Å². The third-order valence-electron chi connectivity index (χ3n) is 3.79. The van der Waals surface area contributed by atoms with Gasteiger partial charge in [0.15, 0.2) is 0 Å². The van der Waals surface area contributed by atoms with Crippen LogP contribution in [0.2, 0.25) is 0 Å². The minimum absolute atomic E-state index is 0.245. The van der Waals surface area contributed by atoms with Crippen LogP contribution < -0.4 is 15.8 Å². The highest BCUT2D eigenvalue weighted by Crippen LogP contribution is 2.33. The fraction of sp³-hybridized carbons (Fsp3) is 0.600. The van der Waals surface area contributed by atoms with Crippen LogP contribution in [-0.4, -0.2) is 20.7 Å². The second-order valence-corrected chi connectivity index (χ2v) is 4.85. The number of ether oxygens (including phenoxy) is 1. The Balaban J connectivity index is 3.23. The van der Waals surface area contributed by atoms with Crippen LogP contribution >= 0.6 is 0 Å². The first kappa shape index (κ1) is 15.0. The molecular weight excluding hydrogens is 224 g/mol. The maximum absolute atomic E-state index is 5.88. The van der Waals surface area contributed by atoms with E-state index in [2.05, 4.69) is 38.2 Å². The van der Waals surface area contributed by atoms with Gasteiger partial charge in [-0.15, -0.1) is 0 Å². The van der Waals surface area contributed by atoms with Crippen LogP contribution in [0.25, 0.3) is 0 Å². The zero-order chi connectivity index (χ0) is 13.7. The lowest BCUT2D eigenvalue weighted by Gasteiger charge is -2.27. The Morgan fingerprint density at radius 2 is 1.89 bits per heavy atom. The summed E-state index contributed by atoms with van der Waals surface area (Å²) in [4.78, 5) is 0. The molecule has 102 valence electrons. The molecule has 0 fully saturated rings. The van der Waals surface area contributed by atoms with Crippen molar-refractivity contribution in [1.29, 1.82) is 0 Å². The van der Waals surface area contributed by atoms with E-state index >= 15 is 0 Å². The molecule has 0 amide bonds. The predicted octanol–water partition coefficient (Wildman–Crippen LogP) is 2.56. The topological polar surface area (TPSA) is 47.3 Å². The molecule has 0 saturated carbocycles. The number of nitrogens with two attached hydrogens (primary N) is 1. The fourth-order valence-electron chi connectivity index (χ4n) is 2.42. The zero-order valence-electron chi connectivity index (χ0n) is 12.2. The van der Waals surface area contributed by atoms with Crippen molar-refractivity contribution in [2.24, 2.45) is 11.7 Å².